The zero-order valence-corrected chi connectivity index (χ0v) is 9.04. The molecule has 4 aliphatic carbocycles. The number of aldehydes is 1. The van der Waals surface area contributed by atoms with E-state index in [1.165, 1.54) is 12.7 Å². The summed E-state index contributed by atoms with van der Waals surface area (Å²) in [6.45, 7) is 0. The largest absolute Gasteiger partial charge is 0.303 e. The predicted octanol–water partition coefficient (Wildman–Crippen LogP) is 2.58. The minimum absolute atomic E-state index is 0.436. The maximum absolute atomic E-state index is 11.0. The topological polar surface area (TPSA) is 17.1 Å². The van der Waals surface area contributed by atoms with E-state index in [2.05, 4.69) is 24.3 Å². The highest BCUT2D eigenvalue weighted by Crippen LogP contribution is 2.79. The predicted molar refractivity (Wildman–Crippen MR) is 60.1 cm³/mol. The van der Waals surface area contributed by atoms with Crippen molar-refractivity contribution in [3.8, 4) is 0 Å². The van der Waals surface area contributed by atoms with Crippen molar-refractivity contribution in [3.05, 3.63) is 35.4 Å². The number of hydrogen-bond donors (Lipinski definition) is 0. The van der Waals surface area contributed by atoms with E-state index in [0.717, 1.165) is 35.5 Å². The van der Waals surface area contributed by atoms with Crippen molar-refractivity contribution in [3.63, 3.8) is 0 Å². The molecule has 0 aliphatic heterocycles. The molecule has 7 atom stereocenters. The zero-order chi connectivity index (χ0) is 10.4. The maximum atomic E-state index is 11.0. The number of benzene rings is 1. The van der Waals surface area contributed by atoms with Gasteiger partial charge in [-0.1, -0.05) is 24.3 Å². The van der Waals surface area contributed by atoms with Crippen LogP contribution in [0.2, 0.25) is 0 Å². The molecule has 16 heavy (non-hydrogen) atoms. The summed E-state index contributed by atoms with van der Waals surface area (Å²) in [5, 5.41) is 0. The van der Waals surface area contributed by atoms with Gasteiger partial charge >= 0.3 is 0 Å². The fraction of sp³-hybridized carbons (Fsp3) is 0.533. The first-order valence-electron chi connectivity index (χ1n) is 6.46. The quantitative estimate of drug-likeness (QED) is 0.514. The van der Waals surface area contributed by atoms with Gasteiger partial charge in [0, 0.05) is 5.92 Å². The highest BCUT2D eigenvalue weighted by Gasteiger charge is 2.73. The molecule has 0 N–H and O–H groups in total. The lowest BCUT2D eigenvalue weighted by molar-refractivity contribution is -0.109. The molecule has 3 saturated carbocycles. The molecule has 0 aromatic heterocycles. The average molecular weight is 210 g/mol. The molecule has 0 amide bonds. The molecule has 0 saturated heterocycles. The molecule has 0 spiro atoms. The van der Waals surface area contributed by atoms with Gasteiger partial charge in [0.05, 0.1) is 0 Å². The molecule has 2 bridgehead atoms. The first kappa shape index (κ1) is 8.05. The lowest BCUT2D eigenvalue weighted by Crippen LogP contribution is -2.30. The molecule has 80 valence electrons. The third kappa shape index (κ3) is 0.627. The molecule has 3 fully saturated rings. The van der Waals surface area contributed by atoms with Crippen molar-refractivity contribution < 1.29 is 4.79 Å². The SMILES string of the molecule is O=CC1[C@@H]2[C@@H]3C[C@@H]([C@@H]4c5ccccc5[C@H]34)[C@H]12. The Morgan fingerprint density at radius 2 is 1.56 bits per heavy atom. The summed E-state index contributed by atoms with van der Waals surface area (Å²) in [7, 11) is 0. The summed E-state index contributed by atoms with van der Waals surface area (Å²) in [6, 6.07) is 8.96. The Morgan fingerprint density at radius 1 is 1.00 bits per heavy atom. The molecule has 1 heteroatoms. The van der Waals surface area contributed by atoms with Crippen LogP contribution in [0.4, 0.5) is 0 Å². The standard InChI is InChI=1S/C15H14O/c16-6-11-14-9-5-10(15(11)14)13-8-4-2-1-3-7(8)12(9)13/h1-4,6,9-15H,5H2/t9-,10+,11?,12-,13+,14+,15-. The van der Waals surface area contributed by atoms with Gasteiger partial charge in [0.2, 0.25) is 0 Å². The summed E-state index contributed by atoms with van der Waals surface area (Å²) >= 11 is 0. The lowest BCUT2D eigenvalue weighted by Gasteiger charge is -2.42. The number of fused-ring (bicyclic) bond motifs is 11. The second kappa shape index (κ2) is 2.27. The Morgan fingerprint density at radius 3 is 2.06 bits per heavy atom. The van der Waals surface area contributed by atoms with Crippen LogP contribution in [0.5, 0.6) is 0 Å². The first-order chi connectivity index (χ1) is 7.92. The second-order valence-electron chi connectivity index (χ2n) is 6.11. The Balaban J connectivity index is 1.63. The Bertz CT molecular complexity index is 465. The van der Waals surface area contributed by atoms with Gasteiger partial charge in [-0.25, -0.2) is 0 Å². The average Bonchev–Trinajstić information content (AvgIpc) is 2.82. The molecule has 1 aromatic rings. The van der Waals surface area contributed by atoms with Gasteiger partial charge in [0.15, 0.2) is 0 Å². The van der Waals surface area contributed by atoms with Crippen molar-refractivity contribution in [2.75, 3.05) is 0 Å². The van der Waals surface area contributed by atoms with E-state index in [0.29, 0.717) is 5.92 Å². The normalized spacial score (nSPS) is 53.6. The van der Waals surface area contributed by atoms with Gasteiger partial charge in [-0.2, -0.15) is 0 Å². The van der Waals surface area contributed by atoms with Gasteiger partial charge in [0.1, 0.15) is 6.29 Å². The van der Waals surface area contributed by atoms with Crippen molar-refractivity contribution in [1.29, 1.82) is 0 Å². The van der Waals surface area contributed by atoms with Crippen LogP contribution in [0, 0.1) is 29.6 Å². The Hall–Kier alpha value is -1.11. The lowest BCUT2D eigenvalue weighted by atomic mass is 9.61. The first-order valence-corrected chi connectivity index (χ1v) is 6.46. The van der Waals surface area contributed by atoms with Crippen LogP contribution in [0.15, 0.2) is 24.3 Å². The van der Waals surface area contributed by atoms with Crippen LogP contribution < -0.4 is 0 Å². The number of carbonyl (C=O) groups excluding carboxylic acids is 1. The van der Waals surface area contributed by atoms with Crippen molar-refractivity contribution >= 4 is 6.29 Å². The van der Waals surface area contributed by atoms with Crippen molar-refractivity contribution in [1.82, 2.24) is 0 Å². The van der Waals surface area contributed by atoms with E-state index in [4.69, 9.17) is 0 Å². The highest BCUT2D eigenvalue weighted by molar-refractivity contribution is 5.63. The summed E-state index contributed by atoms with van der Waals surface area (Å²) in [6.07, 6.45) is 2.65. The van der Waals surface area contributed by atoms with Crippen LogP contribution in [0.1, 0.15) is 29.4 Å². The van der Waals surface area contributed by atoms with E-state index in [-0.39, 0.29) is 0 Å². The van der Waals surface area contributed by atoms with Crippen LogP contribution in [0.25, 0.3) is 0 Å². The molecular formula is C15H14O. The third-order valence-corrected chi connectivity index (χ3v) is 5.91. The Labute approximate surface area is 94.9 Å². The van der Waals surface area contributed by atoms with Crippen LogP contribution in [0.3, 0.4) is 0 Å². The summed E-state index contributed by atoms with van der Waals surface area (Å²) in [5.41, 5.74) is 3.21. The van der Waals surface area contributed by atoms with Crippen molar-refractivity contribution in [2.45, 2.75) is 18.3 Å². The second-order valence-corrected chi connectivity index (χ2v) is 6.11. The minimum Gasteiger partial charge on any atom is -0.303 e. The van der Waals surface area contributed by atoms with Gasteiger partial charge in [-0.15, -0.1) is 0 Å². The van der Waals surface area contributed by atoms with Gasteiger partial charge in [-0.05, 0) is 53.1 Å². The van der Waals surface area contributed by atoms with Gasteiger partial charge in [0.25, 0.3) is 0 Å². The van der Waals surface area contributed by atoms with E-state index < -0.39 is 0 Å². The van der Waals surface area contributed by atoms with Crippen LogP contribution in [-0.4, -0.2) is 6.29 Å². The zero-order valence-electron chi connectivity index (χ0n) is 9.04. The van der Waals surface area contributed by atoms with Gasteiger partial charge in [-0.3, -0.25) is 0 Å². The molecule has 0 heterocycles. The van der Waals surface area contributed by atoms with E-state index in [1.807, 2.05) is 0 Å². The summed E-state index contributed by atoms with van der Waals surface area (Å²) < 4.78 is 0. The smallest absolute Gasteiger partial charge is 0.123 e. The molecule has 4 aliphatic rings. The fourth-order valence-electron chi connectivity index (χ4n) is 5.51. The molecule has 1 nitrogen and oxygen atoms in total. The highest BCUT2D eigenvalue weighted by atomic mass is 16.1. The van der Waals surface area contributed by atoms with E-state index in [1.54, 1.807) is 11.1 Å². The minimum atomic E-state index is 0.436. The molecule has 5 rings (SSSR count). The molecule has 1 unspecified atom stereocenters. The number of rotatable bonds is 1. The summed E-state index contributed by atoms with van der Waals surface area (Å²) in [4.78, 5) is 11.0. The molecule has 1 aromatic carbocycles. The van der Waals surface area contributed by atoms with Crippen LogP contribution >= 0.6 is 0 Å². The van der Waals surface area contributed by atoms with Gasteiger partial charge < -0.3 is 4.79 Å². The maximum Gasteiger partial charge on any atom is 0.123 e. The van der Waals surface area contributed by atoms with E-state index in [9.17, 15) is 4.79 Å². The number of carbonyl (C=O) groups is 1. The monoisotopic (exact) mass is 210 g/mol. The number of hydrogen-bond acceptors (Lipinski definition) is 1. The molecular weight excluding hydrogens is 196 g/mol. The van der Waals surface area contributed by atoms with Crippen molar-refractivity contribution in [2.24, 2.45) is 29.6 Å². The summed E-state index contributed by atoms with van der Waals surface area (Å²) in [5.74, 6) is 5.34. The molecule has 0 radical (unpaired) electrons. The van der Waals surface area contributed by atoms with Crippen LogP contribution in [-0.2, 0) is 4.79 Å². The Kier molecular flexibility index (Phi) is 1.14. The third-order valence-electron chi connectivity index (χ3n) is 5.91. The van der Waals surface area contributed by atoms with E-state index >= 15 is 0 Å². The fourth-order valence-corrected chi connectivity index (χ4v) is 5.51.